The summed E-state index contributed by atoms with van der Waals surface area (Å²) < 4.78 is 10.3. The lowest BCUT2D eigenvalue weighted by Gasteiger charge is -2.22. The molecule has 20 heavy (non-hydrogen) atoms. The molecule has 0 saturated carbocycles. The standard InChI is InChI=1S/C14H19NO5/c1-14(2,3)20-13(18)15-11(12(16)17)9-19-10-7-5-4-6-8-10/h4-8,11H,9H2,1-3H3,(H,15,18)(H,16,17). The maximum Gasteiger partial charge on any atom is 0.408 e. The molecule has 0 aliphatic carbocycles. The molecule has 6 nitrogen and oxygen atoms in total. The van der Waals surface area contributed by atoms with Gasteiger partial charge in [0.2, 0.25) is 0 Å². The average molecular weight is 281 g/mol. The van der Waals surface area contributed by atoms with Gasteiger partial charge in [0.15, 0.2) is 6.04 Å². The maximum absolute atomic E-state index is 11.5. The van der Waals surface area contributed by atoms with Crippen molar-refractivity contribution < 1.29 is 24.2 Å². The van der Waals surface area contributed by atoms with Gasteiger partial charge < -0.3 is 19.9 Å². The summed E-state index contributed by atoms with van der Waals surface area (Å²) in [6.45, 7) is 4.91. The number of rotatable bonds is 5. The van der Waals surface area contributed by atoms with E-state index in [1.807, 2.05) is 6.07 Å². The molecule has 0 aliphatic rings. The number of alkyl carbamates (subject to hydrolysis) is 1. The number of aliphatic carboxylic acids is 1. The molecule has 0 saturated heterocycles. The Balaban J connectivity index is 2.53. The van der Waals surface area contributed by atoms with E-state index in [4.69, 9.17) is 14.6 Å². The largest absolute Gasteiger partial charge is 0.491 e. The average Bonchev–Trinajstić information content (AvgIpc) is 2.33. The van der Waals surface area contributed by atoms with E-state index in [9.17, 15) is 9.59 Å². The molecule has 1 rings (SSSR count). The van der Waals surface area contributed by atoms with Crippen LogP contribution in [0.2, 0.25) is 0 Å². The number of hydrogen-bond acceptors (Lipinski definition) is 4. The molecule has 110 valence electrons. The Morgan fingerprint density at radius 3 is 2.35 bits per heavy atom. The van der Waals surface area contributed by atoms with E-state index < -0.39 is 23.7 Å². The van der Waals surface area contributed by atoms with Gasteiger partial charge in [-0.3, -0.25) is 0 Å². The Hall–Kier alpha value is -2.24. The molecule has 0 heterocycles. The number of hydrogen-bond donors (Lipinski definition) is 2. The molecule has 1 aromatic carbocycles. The lowest BCUT2D eigenvalue weighted by molar-refractivity contribution is -0.140. The maximum atomic E-state index is 11.5. The second-order valence-electron chi connectivity index (χ2n) is 5.16. The third-order valence-electron chi connectivity index (χ3n) is 2.15. The van der Waals surface area contributed by atoms with Crippen LogP contribution in [0.15, 0.2) is 30.3 Å². The molecule has 1 amide bonds. The van der Waals surface area contributed by atoms with Gasteiger partial charge in [0.1, 0.15) is 18.0 Å². The van der Waals surface area contributed by atoms with Crippen LogP contribution in [0.1, 0.15) is 20.8 Å². The van der Waals surface area contributed by atoms with Gasteiger partial charge >= 0.3 is 12.1 Å². The van der Waals surface area contributed by atoms with E-state index in [0.717, 1.165) is 0 Å². The number of benzene rings is 1. The molecular weight excluding hydrogens is 262 g/mol. The van der Waals surface area contributed by atoms with Crippen LogP contribution in [-0.2, 0) is 9.53 Å². The van der Waals surface area contributed by atoms with Gasteiger partial charge in [-0.15, -0.1) is 0 Å². The van der Waals surface area contributed by atoms with E-state index in [2.05, 4.69) is 5.32 Å². The number of carbonyl (C=O) groups excluding carboxylic acids is 1. The minimum Gasteiger partial charge on any atom is -0.491 e. The molecule has 0 aliphatic heterocycles. The van der Waals surface area contributed by atoms with Crippen LogP contribution in [0.5, 0.6) is 5.75 Å². The van der Waals surface area contributed by atoms with Gasteiger partial charge in [-0.05, 0) is 32.9 Å². The van der Waals surface area contributed by atoms with E-state index >= 15 is 0 Å². The van der Waals surface area contributed by atoms with Crippen molar-refractivity contribution in [3.8, 4) is 5.75 Å². The van der Waals surface area contributed by atoms with Crippen LogP contribution >= 0.6 is 0 Å². The lowest BCUT2D eigenvalue weighted by atomic mass is 10.2. The number of carbonyl (C=O) groups is 2. The molecular formula is C14H19NO5. The Morgan fingerprint density at radius 1 is 1.25 bits per heavy atom. The Morgan fingerprint density at radius 2 is 1.85 bits per heavy atom. The van der Waals surface area contributed by atoms with Crippen LogP contribution in [0.4, 0.5) is 4.79 Å². The number of amides is 1. The topological polar surface area (TPSA) is 84.9 Å². The summed E-state index contributed by atoms with van der Waals surface area (Å²) in [4.78, 5) is 22.6. The second kappa shape index (κ2) is 6.79. The van der Waals surface area contributed by atoms with Gasteiger partial charge in [0.05, 0.1) is 0 Å². The van der Waals surface area contributed by atoms with Crippen molar-refractivity contribution in [1.29, 1.82) is 0 Å². The molecule has 2 N–H and O–H groups in total. The number of nitrogens with one attached hydrogen (secondary N) is 1. The zero-order chi connectivity index (χ0) is 15.2. The van der Waals surface area contributed by atoms with Gasteiger partial charge in [-0.25, -0.2) is 9.59 Å². The zero-order valence-corrected chi connectivity index (χ0v) is 11.8. The monoisotopic (exact) mass is 281 g/mol. The molecule has 1 aromatic rings. The third-order valence-corrected chi connectivity index (χ3v) is 2.15. The lowest BCUT2D eigenvalue weighted by Crippen LogP contribution is -2.46. The van der Waals surface area contributed by atoms with Crippen molar-refractivity contribution in [2.24, 2.45) is 0 Å². The molecule has 0 fully saturated rings. The first kappa shape index (κ1) is 15.8. The van der Waals surface area contributed by atoms with Gasteiger partial charge in [-0.2, -0.15) is 0 Å². The van der Waals surface area contributed by atoms with E-state index in [0.29, 0.717) is 5.75 Å². The van der Waals surface area contributed by atoms with Crippen LogP contribution in [0.3, 0.4) is 0 Å². The fourth-order valence-electron chi connectivity index (χ4n) is 1.32. The van der Waals surface area contributed by atoms with Crippen molar-refractivity contribution in [3.05, 3.63) is 30.3 Å². The first-order valence-corrected chi connectivity index (χ1v) is 6.18. The smallest absolute Gasteiger partial charge is 0.408 e. The van der Waals surface area contributed by atoms with Crippen LogP contribution < -0.4 is 10.1 Å². The highest BCUT2D eigenvalue weighted by Crippen LogP contribution is 2.09. The van der Waals surface area contributed by atoms with E-state index in [-0.39, 0.29) is 6.61 Å². The summed E-state index contributed by atoms with van der Waals surface area (Å²) in [5.74, 6) is -0.656. The van der Waals surface area contributed by atoms with Crippen molar-refractivity contribution in [3.63, 3.8) is 0 Å². The quantitative estimate of drug-likeness (QED) is 0.862. The highest BCUT2D eigenvalue weighted by molar-refractivity contribution is 5.80. The summed E-state index contributed by atoms with van der Waals surface area (Å²) in [5, 5.41) is 11.3. The molecule has 1 atom stereocenters. The van der Waals surface area contributed by atoms with Crippen molar-refractivity contribution in [1.82, 2.24) is 5.32 Å². The SMILES string of the molecule is CC(C)(C)OC(=O)NC(COc1ccccc1)C(=O)O. The fraction of sp³-hybridized carbons (Fsp3) is 0.429. The van der Waals surface area contributed by atoms with Crippen molar-refractivity contribution in [2.75, 3.05) is 6.61 Å². The van der Waals surface area contributed by atoms with Gasteiger partial charge in [-0.1, -0.05) is 18.2 Å². The van der Waals surface area contributed by atoms with Crippen LogP contribution in [0, 0.1) is 0 Å². The Bertz CT molecular complexity index is 452. The third kappa shape index (κ3) is 6.08. The number of carboxylic acids is 1. The normalized spacial score (nSPS) is 12.3. The Labute approximate surface area is 117 Å². The number of para-hydroxylation sites is 1. The molecule has 6 heteroatoms. The number of carboxylic acid groups (broad SMARTS) is 1. The molecule has 0 bridgehead atoms. The van der Waals surface area contributed by atoms with Crippen LogP contribution in [-0.4, -0.2) is 35.4 Å². The fourth-order valence-corrected chi connectivity index (χ4v) is 1.32. The van der Waals surface area contributed by atoms with E-state index in [1.165, 1.54) is 0 Å². The summed E-state index contributed by atoms with van der Waals surface area (Å²) in [7, 11) is 0. The van der Waals surface area contributed by atoms with Crippen molar-refractivity contribution in [2.45, 2.75) is 32.4 Å². The highest BCUT2D eigenvalue weighted by Gasteiger charge is 2.24. The predicted octanol–water partition coefficient (Wildman–Crippen LogP) is 2.04. The summed E-state index contributed by atoms with van der Waals surface area (Å²) in [5.41, 5.74) is -0.687. The number of ether oxygens (including phenoxy) is 2. The molecule has 0 spiro atoms. The predicted molar refractivity (Wildman–Crippen MR) is 72.7 cm³/mol. The molecule has 0 aromatic heterocycles. The summed E-state index contributed by atoms with van der Waals surface area (Å²) in [6, 6.07) is 7.59. The highest BCUT2D eigenvalue weighted by atomic mass is 16.6. The van der Waals surface area contributed by atoms with Gasteiger partial charge in [0, 0.05) is 0 Å². The first-order valence-electron chi connectivity index (χ1n) is 6.18. The summed E-state index contributed by atoms with van der Waals surface area (Å²) >= 11 is 0. The second-order valence-corrected chi connectivity index (χ2v) is 5.16. The van der Waals surface area contributed by atoms with Crippen molar-refractivity contribution >= 4 is 12.1 Å². The van der Waals surface area contributed by atoms with E-state index in [1.54, 1.807) is 45.0 Å². The molecule has 1 unspecified atom stereocenters. The first-order chi connectivity index (χ1) is 9.28. The summed E-state index contributed by atoms with van der Waals surface area (Å²) in [6.07, 6.45) is -0.790. The minimum atomic E-state index is -1.19. The van der Waals surface area contributed by atoms with Gasteiger partial charge in [0.25, 0.3) is 0 Å². The Kier molecular flexibility index (Phi) is 5.37. The minimum absolute atomic E-state index is 0.182. The van der Waals surface area contributed by atoms with Crippen LogP contribution in [0.25, 0.3) is 0 Å². The zero-order valence-electron chi connectivity index (χ0n) is 11.8. The molecule has 0 radical (unpaired) electrons.